The molecule has 11 heavy (non-hydrogen) atoms. The van der Waals surface area contributed by atoms with Gasteiger partial charge in [0.05, 0.1) is 0 Å². The van der Waals surface area contributed by atoms with Gasteiger partial charge in [0.15, 0.2) is 0 Å². The zero-order valence-corrected chi connectivity index (χ0v) is 6.82. The fourth-order valence-electron chi connectivity index (χ4n) is 0.877. The lowest BCUT2D eigenvalue weighted by atomic mass is 10.4. The largest absolute Gasteiger partial charge is 0.323 e. The Labute approximate surface area is 66.6 Å². The molecule has 0 aromatic carbocycles. The average molecular weight is 154 g/mol. The van der Waals surface area contributed by atoms with Crippen LogP contribution in [0.25, 0.3) is 0 Å². The van der Waals surface area contributed by atoms with Crippen LogP contribution in [0.1, 0.15) is 12.8 Å². The molecule has 0 aliphatic carbocycles. The van der Waals surface area contributed by atoms with Gasteiger partial charge >= 0.3 is 0 Å². The number of nitrogens with zero attached hydrogens (tertiary/aromatic N) is 3. The number of hydrogen-bond donors (Lipinski definition) is 1. The van der Waals surface area contributed by atoms with Crippen molar-refractivity contribution >= 4 is 0 Å². The maximum Gasteiger partial charge on any atom is 0.119 e. The van der Waals surface area contributed by atoms with E-state index in [0.717, 1.165) is 0 Å². The summed E-state index contributed by atoms with van der Waals surface area (Å²) in [6.45, 7) is 2.50. The number of nitrogens with one attached hydrogen (secondary N) is 1. The molecule has 0 unspecified atom stereocenters. The molecule has 1 aromatic heterocycles. The zero-order valence-electron chi connectivity index (χ0n) is 6.82. The van der Waals surface area contributed by atoms with Crippen LogP contribution in [0.3, 0.4) is 0 Å². The minimum Gasteiger partial charge on any atom is -0.323 e. The second-order valence-corrected chi connectivity index (χ2v) is 2.58. The van der Waals surface area contributed by atoms with Crippen LogP contribution in [0.15, 0.2) is 12.7 Å². The van der Waals surface area contributed by atoms with Gasteiger partial charge in [0, 0.05) is 7.05 Å². The molecule has 2 heterocycles. The second kappa shape index (κ2) is 4.85. The van der Waals surface area contributed by atoms with Crippen LogP contribution >= 0.6 is 0 Å². The van der Waals surface area contributed by atoms with Crippen LogP contribution in [-0.4, -0.2) is 27.9 Å². The summed E-state index contributed by atoms with van der Waals surface area (Å²) >= 11 is 0. The Balaban J connectivity index is 0.000000112. The summed E-state index contributed by atoms with van der Waals surface area (Å²) in [5.74, 6) is 0. The lowest BCUT2D eigenvalue weighted by Gasteiger charge is -1.76. The van der Waals surface area contributed by atoms with Crippen molar-refractivity contribution in [2.75, 3.05) is 13.1 Å². The molecule has 0 radical (unpaired) electrons. The highest BCUT2D eigenvalue weighted by molar-refractivity contribution is 4.55. The van der Waals surface area contributed by atoms with E-state index in [9.17, 15) is 0 Å². The third-order valence-corrected chi connectivity index (χ3v) is 1.49. The van der Waals surface area contributed by atoms with Gasteiger partial charge in [-0.15, -0.1) is 10.2 Å². The fourth-order valence-corrected chi connectivity index (χ4v) is 0.877. The van der Waals surface area contributed by atoms with Gasteiger partial charge in [-0.2, -0.15) is 0 Å². The van der Waals surface area contributed by atoms with Crippen molar-refractivity contribution in [1.82, 2.24) is 20.1 Å². The van der Waals surface area contributed by atoms with Crippen molar-refractivity contribution in [2.45, 2.75) is 12.8 Å². The molecule has 1 aliphatic rings. The van der Waals surface area contributed by atoms with E-state index in [1.54, 1.807) is 17.2 Å². The SMILES string of the molecule is C1CCNC1.Cn1cnnc1. The summed E-state index contributed by atoms with van der Waals surface area (Å²) in [4.78, 5) is 0. The number of hydrogen-bond acceptors (Lipinski definition) is 3. The molecule has 0 atom stereocenters. The van der Waals surface area contributed by atoms with Crippen molar-refractivity contribution in [3.05, 3.63) is 12.7 Å². The Morgan fingerprint density at radius 3 is 1.91 bits per heavy atom. The molecule has 4 heteroatoms. The smallest absolute Gasteiger partial charge is 0.119 e. The molecule has 1 saturated heterocycles. The number of aryl methyl sites for hydroxylation is 1. The predicted molar refractivity (Wildman–Crippen MR) is 43.1 cm³/mol. The van der Waals surface area contributed by atoms with E-state index in [-0.39, 0.29) is 0 Å². The van der Waals surface area contributed by atoms with Gasteiger partial charge in [0.2, 0.25) is 0 Å². The van der Waals surface area contributed by atoms with Gasteiger partial charge in [-0.1, -0.05) is 0 Å². The van der Waals surface area contributed by atoms with Crippen molar-refractivity contribution < 1.29 is 0 Å². The molecule has 0 saturated carbocycles. The predicted octanol–water partition coefficient (Wildman–Crippen LogP) is 0.185. The van der Waals surface area contributed by atoms with E-state index in [1.165, 1.54) is 25.9 Å². The fraction of sp³-hybridized carbons (Fsp3) is 0.714. The van der Waals surface area contributed by atoms with Crippen LogP contribution in [0.5, 0.6) is 0 Å². The van der Waals surface area contributed by atoms with Crippen LogP contribution < -0.4 is 5.32 Å². The van der Waals surface area contributed by atoms with Gasteiger partial charge < -0.3 is 9.88 Å². The van der Waals surface area contributed by atoms with Crippen molar-refractivity contribution in [3.8, 4) is 0 Å². The van der Waals surface area contributed by atoms with Gasteiger partial charge in [-0.25, -0.2) is 0 Å². The summed E-state index contributed by atoms with van der Waals surface area (Å²) in [7, 11) is 1.88. The summed E-state index contributed by atoms with van der Waals surface area (Å²) in [5.41, 5.74) is 0. The molecule has 1 fully saturated rings. The maximum absolute atomic E-state index is 3.53. The highest BCUT2D eigenvalue weighted by Gasteiger charge is 1.93. The summed E-state index contributed by atoms with van der Waals surface area (Å²) in [6.07, 6.45) is 6.06. The first kappa shape index (κ1) is 8.20. The molecule has 1 aliphatic heterocycles. The summed E-state index contributed by atoms with van der Waals surface area (Å²) < 4.78 is 1.78. The van der Waals surface area contributed by atoms with Gasteiger partial charge in [-0.3, -0.25) is 0 Å². The Hall–Kier alpha value is -0.900. The molecule has 1 aromatic rings. The minimum atomic E-state index is 1.25. The van der Waals surface area contributed by atoms with Crippen LogP contribution in [0.2, 0.25) is 0 Å². The van der Waals surface area contributed by atoms with E-state index >= 15 is 0 Å². The Morgan fingerprint density at radius 2 is 1.73 bits per heavy atom. The maximum atomic E-state index is 3.53. The normalized spacial score (nSPS) is 15.7. The Kier molecular flexibility index (Phi) is 3.61. The third kappa shape index (κ3) is 3.72. The van der Waals surface area contributed by atoms with Gasteiger partial charge in [-0.05, 0) is 25.9 Å². The number of aromatic nitrogens is 3. The lowest BCUT2D eigenvalue weighted by molar-refractivity contribution is 0.857. The van der Waals surface area contributed by atoms with E-state index in [2.05, 4.69) is 15.5 Å². The molecular formula is C7H14N4. The standard InChI is InChI=1S/C4H9N.C3H5N3/c1-2-4-5-3-1;1-6-2-4-5-3-6/h5H,1-4H2;2-3H,1H3. The Morgan fingerprint density at radius 1 is 1.18 bits per heavy atom. The van der Waals surface area contributed by atoms with Crippen LogP contribution in [0, 0.1) is 0 Å². The average Bonchev–Trinajstić information content (AvgIpc) is 2.57. The quantitative estimate of drug-likeness (QED) is 0.580. The zero-order chi connectivity index (χ0) is 7.94. The van der Waals surface area contributed by atoms with E-state index < -0.39 is 0 Å². The second-order valence-electron chi connectivity index (χ2n) is 2.58. The van der Waals surface area contributed by atoms with Crippen LogP contribution in [0.4, 0.5) is 0 Å². The highest BCUT2D eigenvalue weighted by atomic mass is 15.2. The molecule has 0 amide bonds. The van der Waals surface area contributed by atoms with Crippen LogP contribution in [-0.2, 0) is 7.05 Å². The first-order chi connectivity index (χ1) is 5.39. The van der Waals surface area contributed by atoms with Gasteiger partial charge in [0.25, 0.3) is 0 Å². The molecule has 4 nitrogen and oxygen atoms in total. The number of rotatable bonds is 0. The van der Waals surface area contributed by atoms with Crippen molar-refractivity contribution in [3.63, 3.8) is 0 Å². The van der Waals surface area contributed by atoms with E-state index in [4.69, 9.17) is 0 Å². The van der Waals surface area contributed by atoms with E-state index in [0.29, 0.717) is 0 Å². The van der Waals surface area contributed by atoms with Crippen molar-refractivity contribution in [2.24, 2.45) is 7.05 Å². The highest BCUT2D eigenvalue weighted by Crippen LogP contribution is 1.90. The Bertz CT molecular complexity index is 159. The topological polar surface area (TPSA) is 42.7 Å². The molecule has 62 valence electrons. The first-order valence-electron chi connectivity index (χ1n) is 3.89. The molecule has 0 spiro atoms. The molecule has 1 N–H and O–H groups in total. The lowest BCUT2D eigenvalue weighted by Crippen LogP contribution is -2.03. The van der Waals surface area contributed by atoms with Crippen molar-refractivity contribution in [1.29, 1.82) is 0 Å². The third-order valence-electron chi connectivity index (χ3n) is 1.49. The monoisotopic (exact) mass is 154 g/mol. The molecular weight excluding hydrogens is 140 g/mol. The summed E-state index contributed by atoms with van der Waals surface area (Å²) in [6, 6.07) is 0. The minimum absolute atomic E-state index is 1.25. The molecule has 2 rings (SSSR count). The van der Waals surface area contributed by atoms with E-state index in [1.807, 2.05) is 7.05 Å². The first-order valence-corrected chi connectivity index (χ1v) is 3.89. The van der Waals surface area contributed by atoms with Gasteiger partial charge in [0.1, 0.15) is 12.7 Å². The summed E-state index contributed by atoms with van der Waals surface area (Å²) in [5, 5.41) is 10.3. The molecule has 0 bridgehead atoms.